The molecular formula is C21H17Cl2N3O2. The van der Waals surface area contributed by atoms with Crippen LogP contribution in [0.4, 0.5) is 0 Å². The van der Waals surface area contributed by atoms with Crippen LogP contribution in [0.1, 0.15) is 11.3 Å². The van der Waals surface area contributed by atoms with Crippen molar-refractivity contribution in [2.24, 2.45) is 7.05 Å². The Morgan fingerprint density at radius 2 is 1.93 bits per heavy atom. The number of hydrogen-bond acceptors (Lipinski definition) is 3. The number of pyridine rings is 1. The predicted octanol–water partition coefficient (Wildman–Crippen LogP) is 4.92. The summed E-state index contributed by atoms with van der Waals surface area (Å²) in [5, 5.41) is 6.38. The van der Waals surface area contributed by atoms with E-state index < -0.39 is 0 Å². The van der Waals surface area contributed by atoms with Crippen LogP contribution in [-0.4, -0.2) is 14.3 Å². The van der Waals surface area contributed by atoms with E-state index in [4.69, 9.17) is 27.9 Å². The summed E-state index contributed by atoms with van der Waals surface area (Å²) >= 11 is 12.2. The van der Waals surface area contributed by atoms with Crippen molar-refractivity contribution in [3.63, 3.8) is 0 Å². The average molecular weight is 414 g/mol. The molecule has 0 amide bonds. The molecule has 0 unspecified atom stereocenters. The molecule has 0 aliphatic rings. The standard InChI is InChI=1S/C21H17Cl2N3O2/c1-13-17-10-15(6-7-19(17)24-25(13)2)26-9-8-16(11-20(26)27)28-12-14-4-3-5-18(22)21(14)23/h3-11H,12H2,1-2H3. The van der Waals surface area contributed by atoms with E-state index in [2.05, 4.69) is 5.10 Å². The Balaban J connectivity index is 1.60. The van der Waals surface area contributed by atoms with E-state index in [-0.39, 0.29) is 12.2 Å². The number of fused-ring (bicyclic) bond motifs is 1. The molecule has 0 saturated carbocycles. The Morgan fingerprint density at radius 1 is 1.11 bits per heavy atom. The molecule has 2 aromatic carbocycles. The van der Waals surface area contributed by atoms with Gasteiger partial charge in [0.1, 0.15) is 12.4 Å². The minimum absolute atomic E-state index is 0.185. The van der Waals surface area contributed by atoms with Crippen molar-refractivity contribution in [1.82, 2.24) is 14.3 Å². The van der Waals surface area contributed by atoms with Gasteiger partial charge in [0.05, 0.1) is 15.6 Å². The van der Waals surface area contributed by atoms with Crippen molar-refractivity contribution in [1.29, 1.82) is 0 Å². The maximum atomic E-state index is 12.6. The third kappa shape index (κ3) is 3.39. The van der Waals surface area contributed by atoms with Gasteiger partial charge in [0.25, 0.3) is 5.56 Å². The van der Waals surface area contributed by atoms with Crippen LogP contribution in [0.2, 0.25) is 10.0 Å². The van der Waals surface area contributed by atoms with E-state index in [1.807, 2.05) is 42.9 Å². The van der Waals surface area contributed by atoms with Crippen molar-refractivity contribution >= 4 is 34.1 Å². The van der Waals surface area contributed by atoms with Gasteiger partial charge in [-0.3, -0.25) is 14.0 Å². The van der Waals surface area contributed by atoms with Crippen LogP contribution in [0.25, 0.3) is 16.6 Å². The van der Waals surface area contributed by atoms with Crippen LogP contribution in [0.3, 0.4) is 0 Å². The highest BCUT2D eigenvalue weighted by Gasteiger charge is 2.09. The maximum absolute atomic E-state index is 12.6. The van der Waals surface area contributed by atoms with E-state index in [1.54, 1.807) is 29.0 Å². The molecule has 0 aliphatic carbocycles. The van der Waals surface area contributed by atoms with Gasteiger partial charge >= 0.3 is 0 Å². The molecule has 0 N–H and O–H groups in total. The Morgan fingerprint density at radius 3 is 2.71 bits per heavy atom. The summed E-state index contributed by atoms with van der Waals surface area (Å²) in [6, 6.07) is 14.3. The summed E-state index contributed by atoms with van der Waals surface area (Å²) in [5.41, 5.74) is 3.29. The van der Waals surface area contributed by atoms with Crippen molar-refractivity contribution in [3.8, 4) is 11.4 Å². The first-order chi connectivity index (χ1) is 13.4. The zero-order chi connectivity index (χ0) is 19.8. The second kappa shape index (κ2) is 7.34. The largest absolute Gasteiger partial charge is 0.489 e. The summed E-state index contributed by atoms with van der Waals surface area (Å²) < 4.78 is 9.13. The Labute approximate surface area is 171 Å². The molecule has 142 valence electrons. The van der Waals surface area contributed by atoms with Crippen LogP contribution in [0.5, 0.6) is 5.75 Å². The number of halogens is 2. The van der Waals surface area contributed by atoms with Gasteiger partial charge in [0, 0.05) is 41.6 Å². The summed E-state index contributed by atoms with van der Waals surface area (Å²) in [4.78, 5) is 12.6. The molecule has 5 nitrogen and oxygen atoms in total. The highest BCUT2D eigenvalue weighted by atomic mass is 35.5. The van der Waals surface area contributed by atoms with Crippen molar-refractivity contribution in [2.45, 2.75) is 13.5 Å². The molecule has 0 saturated heterocycles. The normalized spacial score (nSPS) is 11.1. The first-order valence-electron chi connectivity index (χ1n) is 8.66. The van der Waals surface area contributed by atoms with Crippen molar-refractivity contribution in [3.05, 3.63) is 86.4 Å². The maximum Gasteiger partial charge on any atom is 0.258 e. The van der Waals surface area contributed by atoms with Crippen LogP contribution in [0.15, 0.2) is 59.5 Å². The quantitative estimate of drug-likeness (QED) is 0.477. The van der Waals surface area contributed by atoms with Crippen LogP contribution < -0.4 is 10.3 Å². The van der Waals surface area contributed by atoms with Gasteiger partial charge < -0.3 is 4.74 Å². The van der Waals surface area contributed by atoms with Crippen LogP contribution >= 0.6 is 23.2 Å². The topological polar surface area (TPSA) is 49.1 Å². The van der Waals surface area contributed by atoms with E-state index in [1.165, 1.54) is 6.07 Å². The lowest BCUT2D eigenvalue weighted by Gasteiger charge is -2.10. The third-order valence-corrected chi connectivity index (χ3v) is 5.57. The number of ether oxygens (including phenoxy) is 1. The smallest absolute Gasteiger partial charge is 0.258 e. The molecule has 0 atom stereocenters. The van der Waals surface area contributed by atoms with Crippen LogP contribution in [-0.2, 0) is 13.7 Å². The second-order valence-corrected chi connectivity index (χ2v) is 7.27. The van der Waals surface area contributed by atoms with Gasteiger partial charge in [-0.1, -0.05) is 35.3 Å². The minimum atomic E-state index is -0.185. The number of hydrogen-bond donors (Lipinski definition) is 0. The van der Waals surface area contributed by atoms with Gasteiger partial charge in [-0.25, -0.2) is 0 Å². The molecule has 7 heteroatoms. The van der Waals surface area contributed by atoms with E-state index in [0.29, 0.717) is 15.8 Å². The Bertz CT molecular complexity index is 1240. The Kier molecular flexibility index (Phi) is 4.87. The number of benzene rings is 2. The fourth-order valence-corrected chi connectivity index (χ4v) is 3.42. The molecule has 4 aromatic rings. The summed E-state index contributed by atoms with van der Waals surface area (Å²) in [5.74, 6) is 0.468. The molecule has 4 rings (SSSR count). The molecule has 0 fully saturated rings. The van der Waals surface area contributed by atoms with Gasteiger partial charge in [0.2, 0.25) is 0 Å². The van der Waals surface area contributed by atoms with Gasteiger partial charge in [-0.05, 0) is 37.3 Å². The van der Waals surface area contributed by atoms with Crippen molar-refractivity contribution in [2.75, 3.05) is 0 Å². The van der Waals surface area contributed by atoms with E-state index >= 15 is 0 Å². The zero-order valence-electron chi connectivity index (χ0n) is 15.3. The molecule has 0 spiro atoms. The van der Waals surface area contributed by atoms with Crippen molar-refractivity contribution < 1.29 is 4.74 Å². The fraction of sp³-hybridized carbons (Fsp3) is 0.143. The number of aromatic nitrogens is 3. The first kappa shape index (κ1) is 18.6. The lowest BCUT2D eigenvalue weighted by atomic mass is 10.2. The second-order valence-electron chi connectivity index (χ2n) is 6.48. The average Bonchev–Trinajstić information content (AvgIpc) is 2.97. The van der Waals surface area contributed by atoms with Crippen LogP contribution in [0, 0.1) is 6.92 Å². The summed E-state index contributed by atoms with van der Waals surface area (Å²) in [6.07, 6.45) is 1.70. The molecule has 0 aliphatic heterocycles. The predicted molar refractivity (Wildman–Crippen MR) is 112 cm³/mol. The molecule has 0 radical (unpaired) electrons. The number of rotatable bonds is 4. The molecule has 2 heterocycles. The molecule has 0 bridgehead atoms. The molecule has 28 heavy (non-hydrogen) atoms. The summed E-state index contributed by atoms with van der Waals surface area (Å²) in [7, 11) is 1.90. The molecular weight excluding hydrogens is 397 g/mol. The highest BCUT2D eigenvalue weighted by Crippen LogP contribution is 2.26. The fourth-order valence-electron chi connectivity index (χ4n) is 3.05. The highest BCUT2D eigenvalue weighted by molar-refractivity contribution is 6.42. The van der Waals surface area contributed by atoms with E-state index in [0.717, 1.165) is 27.8 Å². The lowest BCUT2D eigenvalue weighted by molar-refractivity contribution is 0.305. The van der Waals surface area contributed by atoms with E-state index in [9.17, 15) is 4.79 Å². The van der Waals surface area contributed by atoms with Gasteiger partial charge in [-0.15, -0.1) is 0 Å². The monoisotopic (exact) mass is 413 g/mol. The number of nitrogens with zero attached hydrogens (tertiary/aromatic N) is 3. The minimum Gasteiger partial charge on any atom is -0.489 e. The molecule has 2 aromatic heterocycles. The first-order valence-corrected chi connectivity index (χ1v) is 9.42. The van der Waals surface area contributed by atoms with Gasteiger partial charge in [0.15, 0.2) is 0 Å². The number of aryl methyl sites for hydroxylation is 2. The Hall–Kier alpha value is -2.76. The SMILES string of the molecule is Cc1c2cc(-n3ccc(OCc4cccc(Cl)c4Cl)cc3=O)ccc2nn1C. The van der Waals surface area contributed by atoms with Gasteiger partial charge in [-0.2, -0.15) is 5.10 Å². The lowest BCUT2D eigenvalue weighted by Crippen LogP contribution is -2.16. The third-order valence-electron chi connectivity index (χ3n) is 4.71. The zero-order valence-corrected chi connectivity index (χ0v) is 16.8. The summed E-state index contributed by atoms with van der Waals surface area (Å²) in [6.45, 7) is 2.23.